The summed E-state index contributed by atoms with van der Waals surface area (Å²) in [4.78, 5) is 33.1. The topological polar surface area (TPSA) is 136 Å². The SMILES string of the molecule is C=CC(=O)OC1COC2C(O)COC12.C=CC(=O)OC1COC2C(OC(=O)C=C)COC12. The molecule has 4 aliphatic rings. The van der Waals surface area contributed by atoms with Gasteiger partial charge in [-0.05, 0) is 0 Å². The van der Waals surface area contributed by atoms with E-state index >= 15 is 0 Å². The van der Waals surface area contributed by atoms with Gasteiger partial charge in [0.1, 0.15) is 30.5 Å². The Morgan fingerprint density at radius 2 is 0.938 bits per heavy atom. The predicted octanol–water partition coefficient (Wildman–Crippen LogP) is -0.778. The van der Waals surface area contributed by atoms with Gasteiger partial charge in [-0.3, -0.25) is 0 Å². The van der Waals surface area contributed by atoms with Gasteiger partial charge in [0.15, 0.2) is 18.3 Å². The Balaban J connectivity index is 0.000000186. The Labute approximate surface area is 184 Å². The summed E-state index contributed by atoms with van der Waals surface area (Å²) in [7, 11) is 0. The zero-order chi connectivity index (χ0) is 23.3. The van der Waals surface area contributed by atoms with Gasteiger partial charge in [0.25, 0.3) is 0 Å². The smallest absolute Gasteiger partial charge is 0.330 e. The highest BCUT2D eigenvalue weighted by Crippen LogP contribution is 2.31. The lowest BCUT2D eigenvalue weighted by atomic mass is 10.1. The molecule has 8 unspecified atom stereocenters. The Morgan fingerprint density at radius 1 is 0.625 bits per heavy atom. The van der Waals surface area contributed by atoms with E-state index in [2.05, 4.69) is 19.7 Å². The lowest BCUT2D eigenvalue weighted by Gasteiger charge is -2.16. The molecule has 0 aromatic rings. The highest BCUT2D eigenvalue weighted by molar-refractivity contribution is 5.82. The number of hydrogen-bond donors (Lipinski definition) is 1. The maximum absolute atomic E-state index is 11.1. The van der Waals surface area contributed by atoms with E-state index in [1.54, 1.807) is 0 Å². The van der Waals surface area contributed by atoms with Crippen LogP contribution in [0.4, 0.5) is 0 Å². The third kappa shape index (κ3) is 5.43. The van der Waals surface area contributed by atoms with Crippen LogP contribution in [0.1, 0.15) is 0 Å². The number of aliphatic hydroxyl groups excluding tert-OH is 1. The summed E-state index contributed by atoms with van der Waals surface area (Å²) < 4.78 is 36.6. The molecule has 0 amide bonds. The average molecular weight is 454 g/mol. The van der Waals surface area contributed by atoms with Crippen LogP contribution < -0.4 is 0 Å². The number of aliphatic hydroxyl groups is 1. The number of esters is 3. The first kappa shape index (κ1) is 24.1. The molecule has 11 nitrogen and oxygen atoms in total. The van der Waals surface area contributed by atoms with E-state index in [4.69, 9.17) is 33.2 Å². The van der Waals surface area contributed by atoms with Crippen molar-refractivity contribution in [3.05, 3.63) is 38.0 Å². The molecule has 0 saturated carbocycles. The fourth-order valence-corrected chi connectivity index (χ4v) is 3.77. The minimum absolute atomic E-state index is 0.219. The van der Waals surface area contributed by atoms with E-state index in [9.17, 15) is 19.5 Å². The van der Waals surface area contributed by atoms with Gasteiger partial charge < -0.3 is 38.3 Å². The molecule has 4 heterocycles. The first-order valence-corrected chi connectivity index (χ1v) is 10.0. The Hall–Kier alpha value is -2.57. The summed E-state index contributed by atoms with van der Waals surface area (Å²) in [5.41, 5.74) is 0. The maximum atomic E-state index is 11.1. The van der Waals surface area contributed by atoms with Crippen LogP contribution in [0.3, 0.4) is 0 Å². The van der Waals surface area contributed by atoms with Crippen LogP contribution in [-0.2, 0) is 47.5 Å². The zero-order valence-corrected chi connectivity index (χ0v) is 17.3. The number of rotatable bonds is 6. The Kier molecular flexibility index (Phi) is 8.15. The minimum Gasteiger partial charge on any atom is -0.454 e. The molecule has 0 radical (unpaired) electrons. The highest BCUT2D eigenvalue weighted by atomic mass is 16.7. The van der Waals surface area contributed by atoms with E-state index in [-0.39, 0.29) is 38.6 Å². The normalized spacial score (nSPS) is 36.7. The molecular weight excluding hydrogens is 428 g/mol. The maximum Gasteiger partial charge on any atom is 0.330 e. The quantitative estimate of drug-likeness (QED) is 0.308. The number of fused-ring (bicyclic) bond motifs is 2. The van der Waals surface area contributed by atoms with Crippen molar-refractivity contribution in [1.82, 2.24) is 0 Å². The van der Waals surface area contributed by atoms with Crippen molar-refractivity contribution in [3.63, 3.8) is 0 Å². The van der Waals surface area contributed by atoms with Gasteiger partial charge in [-0.1, -0.05) is 19.7 Å². The lowest BCUT2D eigenvalue weighted by Crippen LogP contribution is -2.35. The molecule has 0 aromatic heterocycles. The van der Waals surface area contributed by atoms with E-state index in [1.807, 2.05) is 0 Å². The van der Waals surface area contributed by atoms with E-state index in [0.29, 0.717) is 0 Å². The summed E-state index contributed by atoms with van der Waals surface area (Å²) in [5, 5.41) is 9.40. The van der Waals surface area contributed by atoms with Gasteiger partial charge in [-0.25, -0.2) is 14.4 Å². The Bertz CT molecular complexity index is 714. The van der Waals surface area contributed by atoms with Crippen LogP contribution in [0.2, 0.25) is 0 Å². The van der Waals surface area contributed by atoms with Gasteiger partial charge in [-0.15, -0.1) is 0 Å². The van der Waals surface area contributed by atoms with Crippen LogP contribution in [0, 0.1) is 0 Å². The molecule has 176 valence electrons. The van der Waals surface area contributed by atoms with Crippen LogP contribution in [0.5, 0.6) is 0 Å². The molecule has 0 bridgehead atoms. The standard InChI is InChI=1S/C12H14O6.C9H12O5/c1-3-9(13)17-7-5-15-12-8(6-16-11(7)12)18-10(14)4-2;1-2-7(11)14-6-4-13-8-5(10)3-12-9(6)8/h3-4,7-8,11-12H,1-2,5-6H2;2,5-6,8-10H,1,3-4H2. The third-order valence-corrected chi connectivity index (χ3v) is 5.25. The molecule has 32 heavy (non-hydrogen) atoms. The highest BCUT2D eigenvalue weighted by Gasteiger charge is 2.51. The van der Waals surface area contributed by atoms with E-state index in [1.165, 1.54) is 0 Å². The van der Waals surface area contributed by atoms with Gasteiger partial charge in [0, 0.05) is 18.2 Å². The predicted molar refractivity (Wildman–Crippen MR) is 105 cm³/mol. The second-order valence-corrected chi connectivity index (χ2v) is 7.30. The van der Waals surface area contributed by atoms with Crippen molar-refractivity contribution in [2.24, 2.45) is 0 Å². The van der Waals surface area contributed by atoms with Gasteiger partial charge in [0.05, 0.1) is 26.4 Å². The molecule has 4 rings (SSSR count). The van der Waals surface area contributed by atoms with E-state index < -0.39 is 54.5 Å². The summed E-state index contributed by atoms with van der Waals surface area (Å²) in [6, 6.07) is 0. The van der Waals surface area contributed by atoms with Crippen LogP contribution in [-0.4, -0.2) is 98.3 Å². The molecule has 4 saturated heterocycles. The van der Waals surface area contributed by atoms with Crippen molar-refractivity contribution in [3.8, 4) is 0 Å². The second kappa shape index (κ2) is 10.8. The van der Waals surface area contributed by atoms with Crippen LogP contribution in [0.25, 0.3) is 0 Å². The summed E-state index contributed by atoms with van der Waals surface area (Å²) in [6.45, 7) is 10.9. The number of carbonyl (C=O) groups excluding carboxylic acids is 3. The molecule has 4 fully saturated rings. The number of hydrogen-bond acceptors (Lipinski definition) is 11. The molecule has 0 aromatic carbocycles. The largest absolute Gasteiger partial charge is 0.454 e. The molecule has 8 atom stereocenters. The molecule has 0 spiro atoms. The second-order valence-electron chi connectivity index (χ2n) is 7.30. The van der Waals surface area contributed by atoms with Crippen molar-refractivity contribution in [2.45, 2.75) is 48.8 Å². The summed E-state index contributed by atoms with van der Waals surface area (Å²) in [6.07, 6.45) is -0.288. The first-order chi connectivity index (χ1) is 15.4. The molecular formula is C21H26O11. The minimum atomic E-state index is -0.618. The van der Waals surface area contributed by atoms with E-state index in [0.717, 1.165) is 18.2 Å². The molecule has 4 aliphatic heterocycles. The first-order valence-electron chi connectivity index (χ1n) is 10.0. The monoisotopic (exact) mass is 454 g/mol. The number of ether oxygens (including phenoxy) is 7. The molecule has 0 aliphatic carbocycles. The zero-order valence-electron chi connectivity index (χ0n) is 17.3. The van der Waals surface area contributed by atoms with Crippen molar-refractivity contribution >= 4 is 17.9 Å². The van der Waals surface area contributed by atoms with Gasteiger partial charge in [-0.2, -0.15) is 0 Å². The summed E-state index contributed by atoms with van der Waals surface area (Å²) >= 11 is 0. The van der Waals surface area contributed by atoms with Gasteiger partial charge in [0.2, 0.25) is 0 Å². The molecule has 1 N–H and O–H groups in total. The summed E-state index contributed by atoms with van der Waals surface area (Å²) in [5.74, 6) is -1.55. The van der Waals surface area contributed by atoms with Crippen molar-refractivity contribution in [2.75, 3.05) is 26.4 Å². The average Bonchev–Trinajstić information content (AvgIpc) is 3.55. The third-order valence-electron chi connectivity index (χ3n) is 5.25. The van der Waals surface area contributed by atoms with Crippen LogP contribution >= 0.6 is 0 Å². The van der Waals surface area contributed by atoms with Crippen molar-refractivity contribution < 1.29 is 52.6 Å². The Morgan fingerprint density at radius 3 is 1.31 bits per heavy atom. The lowest BCUT2D eigenvalue weighted by molar-refractivity contribution is -0.149. The van der Waals surface area contributed by atoms with Crippen LogP contribution in [0.15, 0.2) is 38.0 Å². The molecule has 11 heteroatoms. The fraction of sp³-hybridized carbons (Fsp3) is 0.571. The number of carbonyl (C=O) groups is 3. The van der Waals surface area contributed by atoms with Gasteiger partial charge >= 0.3 is 17.9 Å². The fourth-order valence-electron chi connectivity index (χ4n) is 3.77. The van der Waals surface area contributed by atoms with Crippen molar-refractivity contribution in [1.29, 1.82) is 0 Å².